The van der Waals surface area contributed by atoms with Crippen LogP contribution in [0.3, 0.4) is 0 Å². The largest absolute Gasteiger partial charge is 0.479 e. The van der Waals surface area contributed by atoms with E-state index in [1.807, 2.05) is 0 Å². The normalized spacial score (nSPS) is 11.7. The lowest BCUT2D eigenvalue weighted by Gasteiger charge is -2.14. The molecule has 0 aliphatic rings. The molecule has 0 heterocycles. The average molecular weight is 162 g/mol. The molecular weight excluding hydrogens is 148 g/mol. The number of carboxylic acids is 1. The summed E-state index contributed by atoms with van der Waals surface area (Å²) in [5.41, 5.74) is -0.637. The van der Waals surface area contributed by atoms with Gasteiger partial charge in [0.05, 0.1) is 5.41 Å². The summed E-state index contributed by atoms with van der Waals surface area (Å²) in [5, 5.41) is 3.55. The predicted octanol–water partition coefficient (Wildman–Crippen LogP) is 0.660. The molecule has 0 rings (SSSR count). The van der Waals surface area contributed by atoms with Crippen molar-refractivity contribution in [2.45, 2.75) is 20.8 Å². The van der Waals surface area contributed by atoms with Crippen molar-refractivity contribution in [1.29, 1.82) is 1.43 Å². The number of ether oxygens (including phenoxy) is 1. The van der Waals surface area contributed by atoms with Gasteiger partial charge in [-0.25, -0.2) is 4.79 Å². The monoisotopic (exact) mass is 162 g/mol. The Hall–Kier alpha value is -1.06. The number of esters is 1. The van der Waals surface area contributed by atoms with Gasteiger partial charge >= 0.3 is 11.9 Å². The van der Waals surface area contributed by atoms with Crippen LogP contribution in [0.15, 0.2) is 0 Å². The highest BCUT2D eigenvalue weighted by Crippen LogP contribution is 2.14. The predicted molar refractivity (Wildman–Crippen MR) is 38.0 cm³/mol. The molecule has 0 aromatic carbocycles. The van der Waals surface area contributed by atoms with E-state index in [1.165, 1.54) is 0 Å². The molecule has 0 saturated carbocycles. The van der Waals surface area contributed by atoms with Gasteiger partial charge in [0.2, 0.25) is 0 Å². The van der Waals surface area contributed by atoms with Gasteiger partial charge in [0.15, 0.2) is 6.61 Å². The minimum absolute atomic E-state index is 0.493. The molecule has 0 bridgehead atoms. The van der Waals surface area contributed by atoms with Crippen LogP contribution in [0.5, 0.6) is 0 Å². The Bertz CT molecular complexity index is 182. The lowest BCUT2D eigenvalue weighted by molar-refractivity contribution is -0.161. The third-order valence-corrected chi connectivity index (χ3v) is 0.933. The number of hydrogen-bond donors (Lipinski definition) is 1. The molecule has 1 N–H and O–H groups in total. The minimum atomic E-state index is -0.882. The SMILES string of the molecule is [3H]OC(=O)COC(=O)C(C)(C)C. The summed E-state index contributed by atoms with van der Waals surface area (Å²) < 4.78 is 10.7. The second-order valence-corrected chi connectivity index (χ2v) is 3.20. The second-order valence-electron chi connectivity index (χ2n) is 3.20. The van der Waals surface area contributed by atoms with E-state index in [1.54, 1.807) is 20.8 Å². The van der Waals surface area contributed by atoms with E-state index in [0.29, 0.717) is 0 Å². The van der Waals surface area contributed by atoms with Crippen LogP contribution in [0, 0.1) is 5.41 Å². The number of carboxylic acid groups (broad SMARTS) is 1. The molecule has 0 radical (unpaired) electrons. The van der Waals surface area contributed by atoms with E-state index in [0.717, 1.165) is 0 Å². The van der Waals surface area contributed by atoms with Gasteiger partial charge in [-0.15, -0.1) is 0 Å². The Labute approximate surface area is 66.7 Å². The number of carbonyl (C=O) groups excluding carboxylic acids is 1. The molecule has 0 spiro atoms. The molecular formula is C7H12O4. The van der Waals surface area contributed by atoms with Crippen LogP contribution < -0.4 is 0 Å². The maximum Gasteiger partial charge on any atom is 0.341 e. The number of hydrogen-bond acceptors (Lipinski definition) is 4. The van der Waals surface area contributed by atoms with Gasteiger partial charge in [-0.05, 0) is 20.8 Å². The summed E-state index contributed by atoms with van der Waals surface area (Å²) in [5.74, 6) is -1.37. The summed E-state index contributed by atoms with van der Waals surface area (Å²) in [6.07, 6.45) is 0. The molecule has 0 fully saturated rings. The molecule has 4 heteroatoms. The Kier molecular flexibility index (Phi) is 2.46. The maximum absolute atomic E-state index is 11.0. The Morgan fingerprint density at radius 3 is 2.45 bits per heavy atom. The summed E-state index contributed by atoms with van der Waals surface area (Å²) in [6, 6.07) is 0. The van der Waals surface area contributed by atoms with Crippen LogP contribution in [-0.2, 0) is 14.3 Å². The van der Waals surface area contributed by atoms with Gasteiger partial charge in [0, 0.05) is 0 Å². The van der Waals surface area contributed by atoms with Crippen LogP contribution in [0.2, 0.25) is 0 Å². The van der Waals surface area contributed by atoms with Crippen LogP contribution in [0.1, 0.15) is 20.8 Å². The van der Waals surface area contributed by atoms with Crippen molar-refractivity contribution in [3.8, 4) is 0 Å². The van der Waals surface area contributed by atoms with Crippen LogP contribution in [0.4, 0.5) is 0 Å². The fourth-order valence-corrected chi connectivity index (χ4v) is 0.341. The van der Waals surface area contributed by atoms with Crippen LogP contribution in [-0.4, -0.2) is 23.7 Å². The smallest absolute Gasteiger partial charge is 0.341 e. The molecule has 11 heavy (non-hydrogen) atoms. The minimum Gasteiger partial charge on any atom is -0.479 e. The van der Waals surface area contributed by atoms with Crippen molar-refractivity contribution in [2.24, 2.45) is 5.41 Å². The van der Waals surface area contributed by atoms with Gasteiger partial charge in [0.1, 0.15) is 0 Å². The summed E-state index contributed by atoms with van der Waals surface area (Å²) in [6.45, 7) is 4.50. The molecule has 0 aliphatic carbocycles. The van der Waals surface area contributed by atoms with E-state index in [4.69, 9.17) is 1.43 Å². The fraction of sp³-hybridized carbons (Fsp3) is 0.714. The van der Waals surface area contributed by atoms with Gasteiger partial charge < -0.3 is 9.85 Å². The summed E-state index contributed by atoms with van der Waals surface area (Å²) in [7, 11) is 0. The Balaban J connectivity index is 3.81. The van der Waals surface area contributed by atoms with Gasteiger partial charge in [-0.1, -0.05) is 0 Å². The zero-order valence-corrected chi connectivity index (χ0v) is 6.84. The highest BCUT2D eigenvalue weighted by molar-refractivity contribution is 5.78. The lowest BCUT2D eigenvalue weighted by Crippen LogP contribution is -2.25. The molecule has 4 nitrogen and oxygen atoms in total. The van der Waals surface area contributed by atoms with Crippen molar-refractivity contribution in [1.82, 2.24) is 0 Å². The third kappa shape index (κ3) is 4.36. The maximum atomic E-state index is 11.0. The van der Waals surface area contributed by atoms with E-state index >= 15 is 0 Å². The van der Waals surface area contributed by atoms with E-state index in [2.05, 4.69) is 9.85 Å². The first kappa shape index (κ1) is 8.04. The molecule has 0 amide bonds. The Morgan fingerprint density at radius 2 is 2.09 bits per heavy atom. The average Bonchev–Trinajstić information content (AvgIpc) is 1.97. The van der Waals surface area contributed by atoms with Crippen molar-refractivity contribution < 1.29 is 19.4 Å². The van der Waals surface area contributed by atoms with E-state index in [9.17, 15) is 9.59 Å². The standard InChI is InChI=1S/C7H12O4/c1-7(2,3)6(10)11-4-5(8)9/h4H2,1-3H3,(H,8,9)/i/hT. The first-order chi connectivity index (χ1) is 5.38. The van der Waals surface area contributed by atoms with Gasteiger partial charge in [-0.2, -0.15) is 0 Å². The zero-order chi connectivity index (χ0) is 9.78. The zero-order valence-electron chi connectivity index (χ0n) is 7.84. The van der Waals surface area contributed by atoms with Crippen LogP contribution >= 0.6 is 0 Å². The highest BCUT2D eigenvalue weighted by atomic mass is 16.6. The lowest BCUT2D eigenvalue weighted by atomic mass is 9.97. The number of rotatable bonds is 2. The Morgan fingerprint density at radius 1 is 1.55 bits per heavy atom. The van der Waals surface area contributed by atoms with Crippen molar-refractivity contribution in [3.05, 3.63) is 0 Å². The fourth-order valence-electron chi connectivity index (χ4n) is 0.341. The van der Waals surface area contributed by atoms with E-state index < -0.39 is 24.0 Å². The van der Waals surface area contributed by atoms with Crippen molar-refractivity contribution in [2.75, 3.05) is 6.61 Å². The molecule has 0 aromatic rings. The third-order valence-electron chi connectivity index (χ3n) is 0.933. The number of carbonyl (C=O) groups is 2. The quantitative estimate of drug-likeness (QED) is 0.606. The van der Waals surface area contributed by atoms with Crippen molar-refractivity contribution in [3.63, 3.8) is 0 Å². The number of aliphatic carboxylic acids is 1. The first-order valence-electron chi connectivity index (χ1n) is 3.62. The molecule has 0 saturated heterocycles. The summed E-state index contributed by atoms with van der Waals surface area (Å²) >= 11 is 0. The molecule has 0 unspecified atom stereocenters. The second kappa shape index (κ2) is 3.37. The highest BCUT2D eigenvalue weighted by Gasteiger charge is 2.23. The van der Waals surface area contributed by atoms with Gasteiger partial charge in [0.25, 0.3) is 1.43 Å². The van der Waals surface area contributed by atoms with E-state index in [-0.39, 0.29) is 0 Å². The molecule has 0 aliphatic heterocycles. The topological polar surface area (TPSA) is 63.6 Å². The first-order valence-corrected chi connectivity index (χ1v) is 3.21. The van der Waals surface area contributed by atoms with Crippen LogP contribution in [0.25, 0.3) is 1.43 Å². The van der Waals surface area contributed by atoms with Gasteiger partial charge in [-0.3, -0.25) is 4.79 Å². The molecule has 64 valence electrons. The molecule has 0 aromatic heterocycles. The van der Waals surface area contributed by atoms with Crippen molar-refractivity contribution >= 4 is 11.9 Å². The molecule has 0 atom stereocenters. The summed E-state index contributed by atoms with van der Waals surface area (Å²) in [4.78, 5) is 21.3.